The summed E-state index contributed by atoms with van der Waals surface area (Å²) < 4.78 is 24.2. The average molecular weight is 302 g/mol. The molecule has 0 saturated heterocycles. The number of sulfone groups is 1. The summed E-state index contributed by atoms with van der Waals surface area (Å²) >= 11 is 1.09. The zero-order valence-corrected chi connectivity index (χ0v) is 12.7. The van der Waals surface area contributed by atoms with Crippen LogP contribution in [0.2, 0.25) is 0 Å². The van der Waals surface area contributed by atoms with Crippen molar-refractivity contribution in [2.45, 2.75) is 25.2 Å². The van der Waals surface area contributed by atoms with Gasteiger partial charge in [0.05, 0.1) is 16.3 Å². The molecule has 0 spiro atoms. The summed E-state index contributed by atoms with van der Waals surface area (Å²) in [6.45, 7) is 7.23. The Morgan fingerprint density at radius 2 is 2.11 bits per heavy atom. The molecule has 0 unspecified atom stereocenters. The van der Waals surface area contributed by atoms with Gasteiger partial charge in [0.25, 0.3) is 0 Å². The van der Waals surface area contributed by atoms with Crippen LogP contribution in [-0.2, 0) is 9.84 Å². The molecule has 0 atom stereocenters. The highest BCUT2D eigenvalue weighted by molar-refractivity contribution is 7.91. The van der Waals surface area contributed by atoms with Crippen LogP contribution in [0.25, 0.3) is 0 Å². The molecule has 19 heavy (non-hydrogen) atoms. The van der Waals surface area contributed by atoms with Crippen LogP contribution < -0.4 is 11.1 Å². The fourth-order valence-corrected chi connectivity index (χ4v) is 4.21. The Bertz CT molecular complexity index is 588. The van der Waals surface area contributed by atoms with Crippen molar-refractivity contribution in [1.29, 1.82) is 0 Å². The molecule has 0 aliphatic rings. The van der Waals surface area contributed by atoms with Gasteiger partial charge in [0.2, 0.25) is 0 Å². The molecule has 0 aliphatic heterocycles. The van der Waals surface area contributed by atoms with E-state index in [0.717, 1.165) is 11.3 Å². The SMILES string of the molecule is C=CCNc1sc(C(=O)CC)c(N)c1S(=O)(=O)CC. The van der Waals surface area contributed by atoms with Crippen LogP contribution in [0.15, 0.2) is 17.6 Å². The Labute approximate surface area is 117 Å². The van der Waals surface area contributed by atoms with Crippen LogP contribution in [-0.4, -0.2) is 26.5 Å². The molecule has 1 aromatic rings. The van der Waals surface area contributed by atoms with Gasteiger partial charge in [-0.05, 0) is 0 Å². The Balaban J connectivity index is 3.44. The van der Waals surface area contributed by atoms with E-state index in [1.807, 2.05) is 0 Å². The first-order valence-corrected chi connectivity index (χ1v) is 8.38. The largest absolute Gasteiger partial charge is 0.396 e. The lowest BCUT2D eigenvalue weighted by Crippen LogP contribution is -2.09. The van der Waals surface area contributed by atoms with Crippen LogP contribution in [0, 0.1) is 0 Å². The summed E-state index contributed by atoms with van der Waals surface area (Å²) in [6.07, 6.45) is 1.90. The maximum Gasteiger partial charge on any atom is 0.183 e. The first-order valence-electron chi connectivity index (χ1n) is 5.91. The smallest absolute Gasteiger partial charge is 0.183 e. The van der Waals surface area contributed by atoms with Crippen molar-refractivity contribution in [2.75, 3.05) is 23.3 Å². The molecule has 0 aromatic carbocycles. The molecule has 1 aromatic heterocycles. The zero-order chi connectivity index (χ0) is 14.6. The van der Waals surface area contributed by atoms with Crippen molar-refractivity contribution in [3.63, 3.8) is 0 Å². The predicted molar refractivity (Wildman–Crippen MR) is 79.8 cm³/mol. The van der Waals surface area contributed by atoms with Crippen LogP contribution in [0.4, 0.5) is 10.7 Å². The average Bonchev–Trinajstić information content (AvgIpc) is 2.73. The highest BCUT2D eigenvalue weighted by atomic mass is 32.2. The van der Waals surface area contributed by atoms with Crippen molar-refractivity contribution < 1.29 is 13.2 Å². The third kappa shape index (κ3) is 3.16. The van der Waals surface area contributed by atoms with E-state index < -0.39 is 9.84 Å². The predicted octanol–water partition coefficient (Wildman–Crippen LogP) is 2.31. The highest BCUT2D eigenvalue weighted by Crippen LogP contribution is 2.40. The van der Waals surface area contributed by atoms with E-state index in [1.54, 1.807) is 19.9 Å². The van der Waals surface area contributed by atoms with Crippen LogP contribution in [0.1, 0.15) is 29.9 Å². The second-order valence-electron chi connectivity index (χ2n) is 3.85. The lowest BCUT2D eigenvalue weighted by Gasteiger charge is -2.05. The number of anilines is 2. The number of hydrogen-bond donors (Lipinski definition) is 2. The van der Waals surface area contributed by atoms with Gasteiger partial charge in [-0.3, -0.25) is 4.79 Å². The third-order valence-corrected chi connectivity index (χ3v) is 5.71. The monoisotopic (exact) mass is 302 g/mol. The van der Waals surface area contributed by atoms with Crippen molar-refractivity contribution in [3.05, 3.63) is 17.5 Å². The second-order valence-corrected chi connectivity index (χ2v) is 7.09. The molecule has 106 valence electrons. The standard InChI is InChI=1S/C12H18N2O3S2/c1-4-7-14-12-11(19(16,17)6-3)9(13)10(18-12)8(15)5-2/h4,14H,1,5-7,13H2,2-3H3. The molecule has 0 saturated carbocycles. The molecular weight excluding hydrogens is 284 g/mol. The van der Waals surface area contributed by atoms with E-state index in [1.165, 1.54) is 0 Å². The Hall–Kier alpha value is -1.34. The number of thiophene rings is 1. The van der Waals surface area contributed by atoms with Gasteiger partial charge in [-0.15, -0.1) is 17.9 Å². The van der Waals surface area contributed by atoms with Gasteiger partial charge in [0.1, 0.15) is 9.90 Å². The summed E-state index contributed by atoms with van der Waals surface area (Å²) in [5.41, 5.74) is 5.92. The molecule has 1 heterocycles. The molecular formula is C12H18N2O3S2. The van der Waals surface area contributed by atoms with Crippen LogP contribution in [0.3, 0.4) is 0 Å². The summed E-state index contributed by atoms with van der Waals surface area (Å²) in [5, 5.41) is 3.35. The Morgan fingerprint density at radius 3 is 2.58 bits per heavy atom. The van der Waals surface area contributed by atoms with E-state index in [4.69, 9.17) is 5.73 Å². The second kappa shape index (κ2) is 6.21. The van der Waals surface area contributed by atoms with Gasteiger partial charge in [-0.2, -0.15) is 0 Å². The fourth-order valence-electron chi connectivity index (χ4n) is 1.53. The third-order valence-electron chi connectivity index (χ3n) is 2.57. The van der Waals surface area contributed by atoms with E-state index in [2.05, 4.69) is 11.9 Å². The molecule has 0 aliphatic carbocycles. The molecule has 5 nitrogen and oxygen atoms in total. The number of nitrogens with two attached hydrogens (primary N) is 1. The van der Waals surface area contributed by atoms with Gasteiger partial charge < -0.3 is 11.1 Å². The van der Waals surface area contributed by atoms with Crippen LogP contribution >= 0.6 is 11.3 Å². The zero-order valence-electron chi connectivity index (χ0n) is 11.0. The molecule has 7 heteroatoms. The van der Waals surface area contributed by atoms with Crippen LogP contribution in [0.5, 0.6) is 0 Å². The van der Waals surface area contributed by atoms with Gasteiger partial charge >= 0.3 is 0 Å². The number of carbonyl (C=O) groups is 1. The van der Waals surface area contributed by atoms with E-state index in [-0.39, 0.29) is 28.5 Å². The van der Waals surface area contributed by atoms with Crippen molar-refractivity contribution in [1.82, 2.24) is 0 Å². The normalized spacial score (nSPS) is 11.3. The van der Waals surface area contributed by atoms with E-state index in [9.17, 15) is 13.2 Å². The summed E-state index contributed by atoms with van der Waals surface area (Å²) in [7, 11) is -3.47. The molecule has 0 amide bonds. The first kappa shape index (κ1) is 15.7. The molecule has 0 radical (unpaired) electrons. The quantitative estimate of drug-likeness (QED) is 0.596. The maximum atomic E-state index is 12.1. The van der Waals surface area contributed by atoms with E-state index in [0.29, 0.717) is 16.4 Å². The van der Waals surface area contributed by atoms with Gasteiger partial charge in [0.15, 0.2) is 15.6 Å². The molecule has 1 rings (SSSR count). The fraction of sp³-hybridized carbons (Fsp3) is 0.417. The highest BCUT2D eigenvalue weighted by Gasteiger charge is 2.27. The molecule has 0 fully saturated rings. The minimum Gasteiger partial charge on any atom is -0.396 e. The summed E-state index contributed by atoms with van der Waals surface area (Å²) in [4.78, 5) is 12.1. The van der Waals surface area contributed by atoms with Gasteiger partial charge in [-0.1, -0.05) is 19.9 Å². The Kier molecular flexibility index (Phi) is 5.13. The van der Waals surface area contributed by atoms with Gasteiger partial charge in [-0.25, -0.2) is 8.42 Å². The topological polar surface area (TPSA) is 89.3 Å². The Morgan fingerprint density at radius 1 is 1.47 bits per heavy atom. The number of ketones is 1. The summed E-state index contributed by atoms with van der Waals surface area (Å²) in [6, 6.07) is 0. The number of rotatable bonds is 7. The van der Waals surface area contributed by atoms with Crippen molar-refractivity contribution in [3.8, 4) is 0 Å². The van der Waals surface area contributed by atoms with Crippen molar-refractivity contribution in [2.24, 2.45) is 0 Å². The lowest BCUT2D eigenvalue weighted by atomic mass is 10.2. The minimum absolute atomic E-state index is 0.0404. The number of nitrogen functional groups attached to an aromatic ring is 1. The van der Waals surface area contributed by atoms with E-state index >= 15 is 0 Å². The first-order chi connectivity index (χ1) is 8.88. The molecule has 0 bridgehead atoms. The van der Waals surface area contributed by atoms with Crippen molar-refractivity contribution >= 4 is 37.6 Å². The number of nitrogens with one attached hydrogen (secondary N) is 1. The minimum atomic E-state index is -3.47. The molecule has 3 N–H and O–H groups in total. The number of hydrogen-bond acceptors (Lipinski definition) is 6. The summed E-state index contributed by atoms with van der Waals surface area (Å²) in [5.74, 6) is -0.210. The number of carbonyl (C=O) groups excluding carboxylic acids is 1. The maximum absolute atomic E-state index is 12.1. The lowest BCUT2D eigenvalue weighted by molar-refractivity contribution is 0.0992. The number of Topliss-reactive ketones (excluding diaryl/α,β-unsaturated/α-hetero) is 1. The van der Waals surface area contributed by atoms with Gasteiger partial charge in [0, 0.05) is 13.0 Å².